The van der Waals surface area contributed by atoms with Gasteiger partial charge < -0.3 is 15.4 Å². The van der Waals surface area contributed by atoms with E-state index in [1.807, 2.05) is 67.6 Å². The molecule has 0 bridgehead atoms. The van der Waals surface area contributed by atoms with Gasteiger partial charge in [0.2, 0.25) is 5.91 Å². The zero-order valence-corrected chi connectivity index (χ0v) is 22.4. The first kappa shape index (κ1) is 27.5. The molecule has 200 valence electrons. The molecule has 0 aliphatic heterocycles. The third-order valence-corrected chi connectivity index (χ3v) is 6.15. The predicted molar refractivity (Wildman–Crippen MR) is 151 cm³/mol. The number of rotatable bonds is 7. The van der Waals surface area contributed by atoms with Crippen LogP contribution in [0.1, 0.15) is 43.4 Å². The van der Waals surface area contributed by atoms with Gasteiger partial charge in [-0.25, -0.2) is 9.18 Å². The van der Waals surface area contributed by atoms with Crippen LogP contribution < -0.4 is 10.6 Å². The number of alkyl carbamates (subject to hydrolysis) is 1. The lowest BCUT2D eigenvalue weighted by Gasteiger charge is -2.29. The number of benzene rings is 3. The monoisotopic (exact) mass is 525 g/mol. The van der Waals surface area contributed by atoms with E-state index >= 15 is 4.39 Å². The highest BCUT2D eigenvalue weighted by molar-refractivity contribution is 5.98. The number of amides is 2. The Bertz CT molecular complexity index is 1400. The molecule has 0 fully saturated rings. The van der Waals surface area contributed by atoms with Gasteiger partial charge in [-0.1, -0.05) is 60.7 Å². The highest BCUT2D eigenvalue weighted by Gasteiger charge is 2.34. The molecule has 7 heteroatoms. The second-order valence-electron chi connectivity index (χ2n) is 10.3. The molecule has 4 aromatic rings. The van der Waals surface area contributed by atoms with E-state index in [2.05, 4.69) is 15.6 Å². The Morgan fingerprint density at radius 1 is 0.872 bits per heavy atom. The third kappa shape index (κ3) is 7.08. The molecular formula is C32H32FN3O3. The van der Waals surface area contributed by atoms with Crippen LogP contribution in [0, 0.1) is 12.7 Å². The van der Waals surface area contributed by atoms with Crippen molar-refractivity contribution in [3.63, 3.8) is 0 Å². The molecule has 0 radical (unpaired) electrons. The number of pyridine rings is 1. The zero-order valence-electron chi connectivity index (χ0n) is 22.4. The largest absolute Gasteiger partial charge is 0.444 e. The van der Waals surface area contributed by atoms with Crippen molar-refractivity contribution >= 4 is 17.7 Å². The number of nitrogens with zero attached hydrogens (tertiary/aromatic N) is 1. The molecule has 0 spiro atoms. The van der Waals surface area contributed by atoms with Gasteiger partial charge in [0, 0.05) is 29.6 Å². The number of carbonyl (C=O) groups is 2. The van der Waals surface area contributed by atoms with Crippen molar-refractivity contribution in [1.82, 2.24) is 10.3 Å². The topological polar surface area (TPSA) is 80.3 Å². The van der Waals surface area contributed by atoms with E-state index in [0.717, 1.165) is 22.3 Å². The number of aryl methyl sites for hydroxylation is 1. The summed E-state index contributed by atoms with van der Waals surface area (Å²) in [7, 11) is 0. The second kappa shape index (κ2) is 11.9. The van der Waals surface area contributed by atoms with E-state index in [1.165, 1.54) is 6.07 Å². The molecule has 0 saturated carbocycles. The lowest BCUT2D eigenvalue weighted by molar-refractivity contribution is -0.118. The zero-order chi connectivity index (χ0) is 28.0. The summed E-state index contributed by atoms with van der Waals surface area (Å²) in [6.07, 6.45) is 2.55. The Balaban J connectivity index is 1.69. The number of carbonyl (C=O) groups excluding carboxylic acids is 2. The fraction of sp³-hybridized carbons (Fsp3) is 0.219. The van der Waals surface area contributed by atoms with E-state index in [4.69, 9.17) is 4.74 Å². The average molecular weight is 526 g/mol. The fourth-order valence-electron chi connectivity index (χ4n) is 4.44. The maximum atomic E-state index is 15.2. The molecule has 1 atom stereocenters. The summed E-state index contributed by atoms with van der Waals surface area (Å²) in [4.78, 5) is 30.8. The van der Waals surface area contributed by atoms with Crippen molar-refractivity contribution in [3.8, 4) is 11.1 Å². The Kier molecular flexibility index (Phi) is 8.39. The number of hydrogen-bond acceptors (Lipinski definition) is 4. The van der Waals surface area contributed by atoms with Crippen molar-refractivity contribution in [1.29, 1.82) is 0 Å². The Labute approximate surface area is 228 Å². The smallest absolute Gasteiger partial charge is 0.408 e. The van der Waals surface area contributed by atoms with Crippen molar-refractivity contribution in [2.75, 3.05) is 5.32 Å². The minimum Gasteiger partial charge on any atom is -0.444 e. The number of nitrogens with one attached hydrogen (secondary N) is 2. The molecule has 0 unspecified atom stereocenters. The Hall–Kier alpha value is -4.52. The minimum absolute atomic E-state index is 0.267. The van der Waals surface area contributed by atoms with Gasteiger partial charge in [0.25, 0.3) is 0 Å². The first-order chi connectivity index (χ1) is 18.6. The number of aromatic nitrogens is 1. The van der Waals surface area contributed by atoms with Crippen molar-refractivity contribution in [2.24, 2.45) is 0 Å². The van der Waals surface area contributed by atoms with Crippen LogP contribution in [0.25, 0.3) is 11.1 Å². The highest BCUT2D eigenvalue weighted by atomic mass is 19.1. The van der Waals surface area contributed by atoms with E-state index < -0.39 is 35.4 Å². The lowest BCUT2D eigenvalue weighted by Crippen LogP contribution is -2.49. The molecule has 0 aliphatic rings. The molecule has 2 amide bonds. The predicted octanol–water partition coefficient (Wildman–Crippen LogP) is 6.86. The van der Waals surface area contributed by atoms with Crippen LogP contribution >= 0.6 is 0 Å². The second-order valence-corrected chi connectivity index (χ2v) is 10.3. The highest BCUT2D eigenvalue weighted by Crippen LogP contribution is 2.31. The van der Waals surface area contributed by atoms with Gasteiger partial charge in [0.15, 0.2) is 0 Å². The number of hydrogen-bond donors (Lipinski definition) is 2. The van der Waals surface area contributed by atoms with Gasteiger partial charge in [-0.3, -0.25) is 9.78 Å². The SMILES string of the molecule is Cc1cnccc1-c1ccc(NC(=O)[C@@H](NC(=O)OC(C)(C)C)C(c2ccccc2)c2ccccc2)cc1F. The average Bonchev–Trinajstić information content (AvgIpc) is 2.89. The summed E-state index contributed by atoms with van der Waals surface area (Å²) in [6, 6.07) is 24.1. The van der Waals surface area contributed by atoms with E-state index in [-0.39, 0.29) is 5.69 Å². The maximum absolute atomic E-state index is 15.2. The van der Waals surface area contributed by atoms with Gasteiger partial charge in [0.1, 0.15) is 17.5 Å². The van der Waals surface area contributed by atoms with Crippen LogP contribution in [-0.2, 0) is 9.53 Å². The molecule has 1 aromatic heterocycles. The Morgan fingerprint density at radius 3 is 2.03 bits per heavy atom. The summed E-state index contributed by atoms with van der Waals surface area (Å²) < 4.78 is 20.7. The van der Waals surface area contributed by atoms with Crippen LogP contribution in [0.5, 0.6) is 0 Å². The molecular weight excluding hydrogens is 493 g/mol. The van der Waals surface area contributed by atoms with Gasteiger partial charge in [-0.15, -0.1) is 0 Å². The lowest BCUT2D eigenvalue weighted by atomic mass is 9.84. The third-order valence-electron chi connectivity index (χ3n) is 6.15. The van der Waals surface area contributed by atoms with Crippen LogP contribution in [0.2, 0.25) is 0 Å². The van der Waals surface area contributed by atoms with Crippen LogP contribution in [0.3, 0.4) is 0 Å². The van der Waals surface area contributed by atoms with Gasteiger partial charge in [-0.05, 0) is 74.2 Å². The summed E-state index contributed by atoms with van der Waals surface area (Å²) in [5.74, 6) is -1.53. The fourth-order valence-corrected chi connectivity index (χ4v) is 4.44. The van der Waals surface area contributed by atoms with Crippen LogP contribution in [0.4, 0.5) is 14.9 Å². The first-order valence-electron chi connectivity index (χ1n) is 12.7. The number of anilines is 1. The maximum Gasteiger partial charge on any atom is 0.408 e. The quantitative estimate of drug-likeness (QED) is 0.276. The molecule has 3 aromatic carbocycles. The summed E-state index contributed by atoms with van der Waals surface area (Å²) >= 11 is 0. The first-order valence-corrected chi connectivity index (χ1v) is 12.7. The summed E-state index contributed by atoms with van der Waals surface area (Å²) in [6.45, 7) is 7.12. The van der Waals surface area contributed by atoms with Crippen molar-refractivity contribution in [3.05, 3.63) is 120 Å². The minimum atomic E-state index is -1.06. The van der Waals surface area contributed by atoms with E-state index in [0.29, 0.717) is 5.56 Å². The van der Waals surface area contributed by atoms with Gasteiger partial charge >= 0.3 is 6.09 Å². The molecule has 0 aliphatic carbocycles. The molecule has 6 nitrogen and oxygen atoms in total. The van der Waals surface area contributed by atoms with E-state index in [1.54, 1.807) is 51.4 Å². The molecule has 4 rings (SSSR count). The number of ether oxygens (including phenoxy) is 1. The van der Waals surface area contributed by atoms with E-state index in [9.17, 15) is 9.59 Å². The molecule has 2 N–H and O–H groups in total. The normalized spacial score (nSPS) is 12.1. The van der Waals surface area contributed by atoms with Crippen LogP contribution in [-0.4, -0.2) is 28.6 Å². The summed E-state index contributed by atoms with van der Waals surface area (Å²) in [5.41, 5.74) is 3.13. The van der Waals surface area contributed by atoms with Crippen molar-refractivity contribution < 1.29 is 18.7 Å². The standard InChI is InChI=1S/C32H32FN3O3/c1-21-20-34-18-17-25(21)26-16-15-24(19-27(26)33)35-30(37)29(36-31(38)39-32(2,3)4)28(22-11-7-5-8-12-22)23-13-9-6-10-14-23/h5-20,28-29H,1-4H3,(H,35,37)(H,36,38)/t29-/m0/s1. The number of halogens is 1. The van der Waals surface area contributed by atoms with Gasteiger partial charge in [-0.2, -0.15) is 0 Å². The summed E-state index contributed by atoms with van der Waals surface area (Å²) in [5, 5.41) is 5.58. The Morgan fingerprint density at radius 2 is 1.49 bits per heavy atom. The molecule has 0 saturated heterocycles. The van der Waals surface area contributed by atoms with Crippen LogP contribution in [0.15, 0.2) is 97.3 Å². The van der Waals surface area contributed by atoms with Gasteiger partial charge in [0.05, 0.1) is 0 Å². The van der Waals surface area contributed by atoms with Crippen molar-refractivity contribution in [2.45, 2.75) is 45.3 Å². The molecule has 39 heavy (non-hydrogen) atoms. The molecule has 1 heterocycles.